The highest BCUT2D eigenvalue weighted by molar-refractivity contribution is 5.60. The van der Waals surface area contributed by atoms with E-state index in [1.165, 1.54) is 22.3 Å². The number of aromatic hydroxyl groups is 2. The van der Waals surface area contributed by atoms with E-state index in [1.54, 1.807) is 0 Å². The molecule has 1 unspecified atom stereocenters. The van der Waals surface area contributed by atoms with Crippen molar-refractivity contribution in [2.24, 2.45) is 0 Å². The topological polar surface area (TPSA) is 43.7 Å². The van der Waals surface area contributed by atoms with Gasteiger partial charge in [-0.3, -0.25) is 4.90 Å². The molecule has 0 spiro atoms. The lowest BCUT2D eigenvalue weighted by atomic mass is 9.82. The van der Waals surface area contributed by atoms with Crippen LogP contribution in [0, 0.1) is 13.8 Å². The van der Waals surface area contributed by atoms with Gasteiger partial charge in [0.2, 0.25) is 0 Å². The summed E-state index contributed by atoms with van der Waals surface area (Å²) in [5, 5.41) is 21.0. The lowest BCUT2D eigenvalue weighted by molar-refractivity contribution is 0.268. The van der Waals surface area contributed by atoms with Crippen LogP contribution in [-0.2, 0) is 13.0 Å². The quantitative estimate of drug-likeness (QED) is 0.642. The molecule has 1 atom stereocenters. The summed E-state index contributed by atoms with van der Waals surface area (Å²) in [7, 11) is 0. The molecule has 0 saturated heterocycles. The molecule has 28 heavy (non-hydrogen) atoms. The number of hydrogen-bond donors (Lipinski definition) is 2. The maximum Gasteiger partial charge on any atom is 0.160 e. The van der Waals surface area contributed by atoms with Gasteiger partial charge < -0.3 is 10.2 Å². The second-order valence-electron chi connectivity index (χ2n) is 7.77. The highest BCUT2D eigenvalue weighted by atomic mass is 16.3. The fraction of sp³-hybridized carbons (Fsp3) is 0.280. The zero-order valence-electron chi connectivity index (χ0n) is 16.5. The second-order valence-corrected chi connectivity index (χ2v) is 7.77. The minimum atomic E-state index is 0.0219. The largest absolute Gasteiger partial charge is 0.504 e. The molecule has 3 aromatic rings. The summed E-state index contributed by atoms with van der Waals surface area (Å²) >= 11 is 0. The van der Waals surface area contributed by atoms with Gasteiger partial charge in [-0.05, 0) is 53.6 Å². The third-order valence-corrected chi connectivity index (χ3v) is 6.03. The number of benzene rings is 3. The Hall–Kier alpha value is -2.78. The number of hydrogen-bond acceptors (Lipinski definition) is 3. The molecule has 3 aromatic carbocycles. The predicted octanol–water partition coefficient (Wildman–Crippen LogP) is 4.90. The summed E-state index contributed by atoms with van der Waals surface area (Å²) in [5.41, 5.74) is 6.51. The van der Waals surface area contributed by atoms with Crippen molar-refractivity contribution in [1.82, 2.24) is 4.90 Å². The van der Waals surface area contributed by atoms with Crippen molar-refractivity contribution in [3.05, 3.63) is 94.0 Å². The van der Waals surface area contributed by atoms with E-state index in [9.17, 15) is 10.2 Å². The molecule has 2 N–H and O–H groups in total. The molecular formula is C25H27NO2. The lowest BCUT2D eigenvalue weighted by Crippen LogP contribution is -2.28. The van der Waals surface area contributed by atoms with Gasteiger partial charge in [0.05, 0.1) is 0 Å². The summed E-state index contributed by atoms with van der Waals surface area (Å²) in [6, 6.07) is 21.1. The molecule has 1 aliphatic heterocycles. The molecular weight excluding hydrogens is 346 g/mol. The summed E-state index contributed by atoms with van der Waals surface area (Å²) in [6.45, 7) is 6.55. The van der Waals surface area contributed by atoms with Crippen LogP contribution in [0.15, 0.2) is 60.7 Å². The molecule has 0 amide bonds. The molecule has 0 fully saturated rings. The Bertz CT molecular complexity index is 967. The SMILES string of the molecule is Cc1c(O)c(O)c(C)c2c1CCN(Cc1ccccc1)CC2c1ccccc1. The third kappa shape index (κ3) is 3.38. The van der Waals surface area contributed by atoms with E-state index in [0.29, 0.717) is 0 Å². The van der Waals surface area contributed by atoms with E-state index in [1.807, 2.05) is 26.0 Å². The first-order chi connectivity index (χ1) is 13.6. The van der Waals surface area contributed by atoms with Crippen LogP contribution in [0.4, 0.5) is 0 Å². The first kappa shape index (κ1) is 18.6. The van der Waals surface area contributed by atoms with Gasteiger partial charge >= 0.3 is 0 Å². The standard InChI is InChI=1S/C25H27NO2/c1-17-21-13-14-26(15-19-9-5-3-6-10-19)16-22(20-11-7-4-8-12-20)23(21)18(2)25(28)24(17)27/h3-12,22,27-28H,13-16H2,1-2H3. The van der Waals surface area contributed by atoms with E-state index in [2.05, 4.69) is 53.4 Å². The number of rotatable bonds is 3. The van der Waals surface area contributed by atoms with Crippen molar-refractivity contribution in [3.63, 3.8) is 0 Å². The molecule has 0 radical (unpaired) electrons. The fourth-order valence-corrected chi connectivity index (χ4v) is 4.50. The van der Waals surface area contributed by atoms with Crippen molar-refractivity contribution in [3.8, 4) is 11.5 Å². The van der Waals surface area contributed by atoms with Gasteiger partial charge in [-0.15, -0.1) is 0 Å². The number of phenols is 2. The Morgan fingerprint density at radius 2 is 1.46 bits per heavy atom. The minimum absolute atomic E-state index is 0.0219. The molecule has 1 aliphatic rings. The third-order valence-electron chi connectivity index (χ3n) is 6.03. The van der Waals surface area contributed by atoms with Crippen molar-refractivity contribution >= 4 is 0 Å². The molecule has 1 heterocycles. The van der Waals surface area contributed by atoms with E-state index in [0.717, 1.165) is 37.2 Å². The molecule has 144 valence electrons. The van der Waals surface area contributed by atoms with E-state index in [-0.39, 0.29) is 17.4 Å². The molecule has 0 aromatic heterocycles. The maximum absolute atomic E-state index is 10.5. The van der Waals surface area contributed by atoms with Crippen LogP contribution in [-0.4, -0.2) is 28.2 Å². The Balaban J connectivity index is 1.80. The van der Waals surface area contributed by atoms with E-state index < -0.39 is 0 Å². The van der Waals surface area contributed by atoms with Crippen molar-refractivity contribution in [2.45, 2.75) is 32.7 Å². The molecule has 4 rings (SSSR count). The Morgan fingerprint density at radius 1 is 0.857 bits per heavy atom. The van der Waals surface area contributed by atoms with Crippen LogP contribution in [0.25, 0.3) is 0 Å². The van der Waals surface area contributed by atoms with Crippen LogP contribution in [0.5, 0.6) is 11.5 Å². The number of phenolic OH excluding ortho intramolecular Hbond substituents is 2. The van der Waals surface area contributed by atoms with Gasteiger partial charge in [0.1, 0.15) is 0 Å². The first-order valence-corrected chi connectivity index (χ1v) is 9.91. The molecule has 0 bridgehead atoms. The van der Waals surface area contributed by atoms with E-state index >= 15 is 0 Å². The van der Waals surface area contributed by atoms with E-state index in [4.69, 9.17) is 0 Å². The average molecular weight is 373 g/mol. The van der Waals surface area contributed by atoms with Gasteiger partial charge in [0.25, 0.3) is 0 Å². The minimum Gasteiger partial charge on any atom is -0.504 e. The van der Waals surface area contributed by atoms with Crippen LogP contribution in [0.1, 0.15) is 39.3 Å². The second kappa shape index (κ2) is 7.69. The molecule has 0 aliphatic carbocycles. The Kier molecular flexibility index (Phi) is 5.10. The molecule has 3 heteroatoms. The maximum atomic E-state index is 10.5. The normalized spacial score (nSPS) is 17.1. The van der Waals surface area contributed by atoms with Crippen molar-refractivity contribution < 1.29 is 10.2 Å². The number of fused-ring (bicyclic) bond motifs is 1. The fourth-order valence-electron chi connectivity index (χ4n) is 4.50. The van der Waals surface area contributed by atoms with Crippen LogP contribution >= 0.6 is 0 Å². The monoisotopic (exact) mass is 373 g/mol. The molecule has 3 nitrogen and oxygen atoms in total. The summed E-state index contributed by atoms with van der Waals surface area (Å²) in [5.74, 6) is 0.209. The number of nitrogens with zero attached hydrogens (tertiary/aromatic N) is 1. The summed E-state index contributed by atoms with van der Waals surface area (Å²) < 4.78 is 0. The van der Waals surface area contributed by atoms with Gasteiger partial charge in [0, 0.05) is 25.6 Å². The summed E-state index contributed by atoms with van der Waals surface area (Å²) in [6.07, 6.45) is 0.867. The zero-order valence-corrected chi connectivity index (χ0v) is 16.5. The average Bonchev–Trinajstić information content (AvgIpc) is 2.92. The highest BCUT2D eigenvalue weighted by Gasteiger charge is 2.30. The lowest BCUT2D eigenvalue weighted by Gasteiger charge is -2.27. The van der Waals surface area contributed by atoms with Crippen molar-refractivity contribution in [2.75, 3.05) is 13.1 Å². The van der Waals surface area contributed by atoms with Crippen molar-refractivity contribution in [1.29, 1.82) is 0 Å². The Labute approximate surface area is 166 Å². The zero-order chi connectivity index (χ0) is 19.7. The van der Waals surface area contributed by atoms with Crippen LogP contribution < -0.4 is 0 Å². The predicted molar refractivity (Wildman–Crippen MR) is 113 cm³/mol. The summed E-state index contributed by atoms with van der Waals surface area (Å²) in [4.78, 5) is 2.49. The Morgan fingerprint density at radius 3 is 2.14 bits per heavy atom. The smallest absolute Gasteiger partial charge is 0.160 e. The van der Waals surface area contributed by atoms with Crippen LogP contribution in [0.2, 0.25) is 0 Å². The first-order valence-electron chi connectivity index (χ1n) is 9.91. The molecule has 0 saturated carbocycles. The van der Waals surface area contributed by atoms with Gasteiger partial charge in [-0.25, -0.2) is 0 Å². The van der Waals surface area contributed by atoms with Crippen LogP contribution in [0.3, 0.4) is 0 Å². The highest BCUT2D eigenvalue weighted by Crippen LogP contribution is 2.44. The van der Waals surface area contributed by atoms with Gasteiger partial charge in [-0.1, -0.05) is 60.7 Å². The van der Waals surface area contributed by atoms with Gasteiger partial charge in [-0.2, -0.15) is 0 Å². The van der Waals surface area contributed by atoms with Gasteiger partial charge in [0.15, 0.2) is 11.5 Å².